The summed E-state index contributed by atoms with van der Waals surface area (Å²) in [5.41, 5.74) is 2.63. The van der Waals surface area contributed by atoms with Gasteiger partial charge in [-0.1, -0.05) is 12.5 Å². The average Bonchev–Trinajstić information content (AvgIpc) is 2.19. The highest BCUT2D eigenvalue weighted by Crippen LogP contribution is 2.12. The first kappa shape index (κ1) is 9.66. The van der Waals surface area contributed by atoms with E-state index in [0.717, 1.165) is 6.42 Å². The topological polar surface area (TPSA) is 24.9 Å². The number of piperidine rings is 1. The van der Waals surface area contributed by atoms with Crippen molar-refractivity contribution in [1.29, 1.82) is 0 Å². The van der Waals surface area contributed by atoms with Gasteiger partial charge < -0.3 is 5.32 Å². The molecule has 76 valence electrons. The van der Waals surface area contributed by atoms with Crippen molar-refractivity contribution >= 4 is 0 Å². The average molecular weight is 190 g/mol. The summed E-state index contributed by atoms with van der Waals surface area (Å²) in [5.74, 6) is 0. The molecule has 0 amide bonds. The van der Waals surface area contributed by atoms with Crippen molar-refractivity contribution < 1.29 is 0 Å². The fourth-order valence-electron chi connectivity index (χ4n) is 2.11. The van der Waals surface area contributed by atoms with Crippen molar-refractivity contribution in [2.75, 3.05) is 6.54 Å². The van der Waals surface area contributed by atoms with Crippen LogP contribution in [0.15, 0.2) is 18.5 Å². The van der Waals surface area contributed by atoms with Crippen molar-refractivity contribution in [3.8, 4) is 0 Å². The normalized spacial score (nSPS) is 22.2. The Morgan fingerprint density at radius 3 is 3.07 bits per heavy atom. The maximum atomic E-state index is 4.22. The zero-order valence-electron chi connectivity index (χ0n) is 8.79. The van der Waals surface area contributed by atoms with Crippen LogP contribution in [-0.2, 0) is 6.42 Å². The van der Waals surface area contributed by atoms with Gasteiger partial charge in [-0.15, -0.1) is 0 Å². The molecule has 2 heterocycles. The van der Waals surface area contributed by atoms with Crippen molar-refractivity contribution in [2.24, 2.45) is 0 Å². The predicted octanol–water partition coefficient (Wildman–Crippen LogP) is 2.07. The highest BCUT2D eigenvalue weighted by atomic mass is 14.9. The third-order valence-electron chi connectivity index (χ3n) is 2.83. The van der Waals surface area contributed by atoms with Crippen LogP contribution in [0.5, 0.6) is 0 Å². The van der Waals surface area contributed by atoms with E-state index in [9.17, 15) is 0 Å². The van der Waals surface area contributed by atoms with Crippen molar-refractivity contribution in [3.63, 3.8) is 0 Å². The van der Waals surface area contributed by atoms with Gasteiger partial charge in [-0.25, -0.2) is 0 Å². The molecule has 1 atom stereocenters. The predicted molar refractivity (Wildman–Crippen MR) is 58.3 cm³/mol. The van der Waals surface area contributed by atoms with Gasteiger partial charge in [-0.05, 0) is 43.9 Å². The molecule has 0 saturated carbocycles. The van der Waals surface area contributed by atoms with Gasteiger partial charge in [0.1, 0.15) is 0 Å². The summed E-state index contributed by atoms with van der Waals surface area (Å²) in [5, 5.41) is 3.56. The number of aryl methyl sites for hydroxylation is 1. The Labute approximate surface area is 85.7 Å². The zero-order chi connectivity index (χ0) is 9.80. The number of hydrogen-bond donors (Lipinski definition) is 1. The molecule has 1 unspecified atom stereocenters. The lowest BCUT2D eigenvalue weighted by Crippen LogP contribution is -2.35. The van der Waals surface area contributed by atoms with Crippen LogP contribution in [0, 0.1) is 6.92 Å². The second kappa shape index (κ2) is 4.56. The van der Waals surface area contributed by atoms with Crippen LogP contribution >= 0.6 is 0 Å². The van der Waals surface area contributed by atoms with E-state index >= 15 is 0 Å². The largest absolute Gasteiger partial charge is 0.314 e. The molecule has 1 N–H and O–H groups in total. The Kier molecular flexibility index (Phi) is 3.14. The Bertz CT molecular complexity index is 290. The van der Waals surface area contributed by atoms with Gasteiger partial charge in [-0.2, -0.15) is 0 Å². The fourth-order valence-corrected chi connectivity index (χ4v) is 2.11. The number of rotatable bonds is 2. The monoisotopic (exact) mass is 190 g/mol. The second-order valence-corrected chi connectivity index (χ2v) is 4.22. The van der Waals surface area contributed by atoms with E-state index in [0.29, 0.717) is 6.04 Å². The van der Waals surface area contributed by atoms with Crippen LogP contribution < -0.4 is 5.32 Å². The first-order valence-corrected chi connectivity index (χ1v) is 5.48. The van der Waals surface area contributed by atoms with Gasteiger partial charge in [0, 0.05) is 18.4 Å². The molecule has 1 aromatic rings. The number of nitrogens with zero attached hydrogens (tertiary/aromatic N) is 1. The number of aromatic nitrogens is 1. The van der Waals surface area contributed by atoms with Crippen molar-refractivity contribution in [1.82, 2.24) is 10.3 Å². The quantitative estimate of drug-likeness (QED) is 0.772. The molecule has 2 rings (SSSR count). The molecule has 0 radical (unpaired) electrons. The lowest BCUT2D eigenvalue weighted by Gasteiger charge is -2.23. The molecule has 0 aromatic carbocycles. The minimum atomic E-state index is 0.673. The number of hydrogen-bond acceptors (Lipinski definition) is 2. The van der Waals surface area contributed by atoms with Crippen LogP contribution in [0.3, 0.4) is 0 Å². The summed E-state index contributed by atoms with van der Waals surface area (Å²) in [6.45, 7) is 3.29. The first-order chi connectivity index (χ1) is 6.84. The van der Waals surface area contributed by atoms with E-state index in [1.54, 1.807) is 0 Å². The molecule has 0 aliphatic carbocycles. The van der Waals surface area contributed by atoms with E-state index in [1.165, 1.54) is 36.9 Å². The molecule has 1 aliphatic heterocycles. The van der Waals surface area contributed by atoms with Gasteiger partial charge in [-0.3, -0.25) is 4.98 Å². The summed E-state index contributed by atoms with van der Waals surface area (Å²) in [4.78, 5) is 4.22. The summed E-state index contributed by atoms with van der Waals surface area (Å²) in [6.07, 6.45) is 9.06. The SMILES string of the molecule is Cc1cncc(CC2CCCCN2)c1. The van der Waals surface area contributed by atoms with E-state index in [2.05, 4.69) is 23.3 Å². The minimum Gasteiger partial charge on any atom is -0.314 e. The number of pyridine rings is 1. The molecule has 1 saturated heterocycles. The number of nitrogens with one attached hydrogen (secondary N) is 1. The van der Waals surface area contributed by atoms with Gasteiger partial charge in [0.05, 0.1) is 0 Å². The third-order valence-corrected chi connectivity index (χ3v) is 2.83. The molecule has 0 bridgehead atoms. The molecule has 14 heavy (non-hydrogen) atoms. The maximum absolute atomic E-state index is 4.22. The highest BCUT2D eigenvalue weighted by molar-refractivity contribution is 5.17. The molecule has 0 spiro atoms. The maximum Gasteiger partial charge on any atom is 0.0300 e. The van der Waals surface area contributed by atoms with Crippen LogP contribution in [0.25, 0.3) is 0 Å². The molecule has 1 fully saturated rings. The van der Waals surface area contributed by atoms with E-state index in [1.807, 2.05) is 12.4 Å². The Morgan fingerprint density at radius 2 is 2.36 bits per heavy atom. The van der Waals surface area contributed by atoms with E-state index in [4.69, 9.17) is 0 Å². The second-order valence-electron chi connectivity index (χ2n) is 4.22. The lowest BCUT2D eigenvalue weighted by molar-refractivity contribution is 0.399. The molecule has 2 heteroatoms. The van der Waals surface area contributed by atoms with Gasteiger partial charge in [0.25, 0.3) is 0 Å². The Balaban J connectivity index is 1.95. The molecular weight excluding hydrogens is 172 g/mol. The standard InChI is InChI=1S/C12H18N2/c1-10-6-11(9-13-8-10)7-12-4-2-3-5-14-12/h6,8-9,12,14H,2-5,7H2,1H3. The van der Waals surface area contributed by atoms with Crippen LogP contribution in [0.1, 0.15) is 30.4 Å². The van der Waals surface area contributed by atoms with E-state index < -0.39 is 0 Å². The van der Waals surface area contributed by atoms with Gasteiger partial charge in [0.2, 0.25) is 0 Å². The summed E-state index contributed by atoms with van der Waals surface area (Å²) in [7, 11) is 0. The first-order valence-electron chi connectivity index (χ1n) is 5.48. The summed E-state index contributed by atoms with van der Waals surface area (Å²) in [6, 6.07) is 2.91. The molecule has 1 aliphatic rings. The van der Waals surface area contributed by atoms with Crippen molar-refractivity contribution in [3.05, 3.63) is 29.6 Å². The summed E-state index contributed by atoms with van der Waals surface area (Å²) < 4.78 is 0. The van der Waals surface area contributed by atoms with Crippen LogP contribution in [-0.4, -0.2) is 17.6 Å². The van der Waals surface area contributed by atoms with Gasteiger partial charge >= 0.3 is 0 Å². The van der Waals surface area contributed by atoms with Crippen LogP contribution in [0.4, 0.5) is 0 Å². The third kappa shape index (κ3) is 2.55. The lowest BCUT2D eigenvalue weighted by atomic mass is 9.98. The summed E-state index contributed by atoms with van der Waals surface area (Å²) >= 11 is 0. The zero-order valence-corrected chi connectivity index (χ0v) is 8.79. The van der Waals surface area contributed by atoms with E-state index in [-0.39, 0.29) is 0 Å². The highest BCUT2D eigenvalue weighted by Gasteiger charge is 2.12. The molecule has 2 nitrogen and oxygen atoms in total. The van der Waals surface area contributed by atoms with Crippen molar-refractivity contribution in [2.45, 2.75) is 38.6 Å². The van der Waals surface area contributed by atoms with Gasteiger partial charge in [0.15, 0.2) is 0 Å². The Morgan fingerprint density at radius 1 is 1.43 bits per heavy atom. The molecular formula is C12H18N2. The fraction of sp³-hybridized carbons (Fsp3) is 0.583. The van der Waals surface area contributed by atoms with Crippen LogP contribution in [0.2, 0.25) is 0 Å². The molecule has 1 aromatic heterocycles. The smallest absolute Gasteiger partial charge is 0.0300 e. The Hall–Kier alpha value is -0.890. The minimum absolute atomic E-state index is 0.673.